The maximum atomic E-state index is 10.5. The summed E-state index contributed by atoms with van der Waals surface area (Å²) in [6.45, 7) is 0. The average Bonchev–Trinajstić information content (AvgIpc) is 2.38. The van der Waals surface area contributed by atoms with Gasteiger partial charge in [0.2, 0.25) is 10.2 Å². The van der Waals surface area contributed by atoms with Crippen LogP contribution < -0.4 is 20.7 Å². The van der Waals surface area contributed by atoms with Crippen molar-refractivity contribution in [2.75, 3.05) is 12.4 Å². The molecule has 0 aliphatic rings. The molecule has 3 N–H and O–H groups in total. The molecule has 0 spiro atoms. The number of hydrogen-bond donors (Lipinski definition) is 3. The van der Waals surface area contributed by atoms with Crippen LogP contribution in [-0.2, 0) is 4.79 Å². The molecule has 0 fully saturated rings. The molecule has 0 saturated heterocycles. The van der Waals surface area contributed by atoms with Gasteiger partial charge in [-0.2, -0.15) is 0 Å². The first-order chi connectivity index (χ1) is 9.36. The number of carbonyl (C=O) groups is 1. The Morgan fingerprint density at radius 3 is 2.40 bits per heavy atom. The second kappa shape index (κ2) is 7.73. The Labute approximate surface area is 136 Å². The Hall–Kier alpha value is -0.950. The van der Waals surface area contributed by atoms with E-state index in [0.717, 1.165) is 11.4 Å². The van der Waals surface area contributed by atoms with Crippen molar-refractivity contribution >= 4 is 64.2 Å². The Morgan fingerprint density at radius 1 is 1.35 bits per heavy atom. The van der Waals surface area contributed by atoms with E-state index in [1.165, 1.54) is 0 Å². The third kappa shape index (κ3) is 5.58. The molecule has 20 heavy (non-hydrogen) atoms. The van der Waals surface area contributed by atoms with Crippen molar-refractivity contribution < 1.29 is 9.53 Å². The van der Waals surface area contributed by atoms with Crippen LogP contribution in [0.25, 0.3) is 0 Å². The number of rotatable bonds is 5. The molecule has 110 valence electrons. The lowest BCUT2D eigenvalue weighted by atomic mass is 10.3. The molecule has 0 saturated carbocycles. The lowest BCUT2D eigenvalue weighted by Gasteiger charge is -2.26. The number of hydrogen-bond acceptors (Lipinski definition) is 3. The summed E-state index contributed by atoms with van der Waals surface area (Å²) in [5.41, 5.74) is 0.720. The highest BCUT2D eigenvalue weighted by Gasteiger charge is 2.32. The van der Waals surface area contributed by atoms with Gasteiger partial charge < -0.3 is 20.7 Å². The standard InChI is InChI=1S/C11H12Cl3N3O2S/c1-19-8-4-2-7(3-5-8)16-10(20)17-9(15-6-18)11(12,13)14/h2-6,9H,1H3,(H,15,18)(H2,16,17,20)/t9-/m1/s1. The highest BCUT2D eigenvalue weighted by molar-refractivity contribution is 7.80. The van der Waals surface area contributed by atoms with Crippen LogP contribution in [0.1, 0.15) is 0 Å². The van der Waals surface area contributed by atoms with Crippen molar-refractivity contribution in [3.63, 3.8) is 0 Å². The van der Waals surface area contributed by atoms with Gasteiger partial charge in [0, 0.05) is 5.69 Å². The zero-order chi connectivity index (χ0) is 15.2. The largest absolute Gasteiger partial charge is 0.497 e. The second-order valence-electron chi connectivity index (χ2n) is 3.59. The number of nitrogens with one attached hydrogen (secondary N) is 3. The fourth-order valence-electron chi connectivity index (χ4n) is 1.26. The van der Waals surface area contributed by atoms with Gasteiger partial charge in [0.25, 0.3) is 0 Å². The van der Waals surface area contributed by atoms with Gasteiger partial charge in [-0.25, -0.2) is 0 Å². The molecule has 9 heteroatoms. The SMILES string of the molecule is COc1ccc(NC(=S)N[C@@H](NC=O)C(Cl)(Cl)Cl)cc1. The van der Waals surface area contributed by atoms with E-state index >= 15 is 0 Å². The Balaban J connectivity index is 2.62. The first-order valence-electron chi connectivity index (χ1n) is 5.35. The summed E-state index contributed by atoms with van der Waals surface area (Å²) < 4.78 is 3.29. The quantitative estimate of drug-likeness (QED) is 0.327. The predicted molar refractivity (Wildman–Crippen MR) is 85.6 cm³/mol. The van der Waals surface area contributed by atoms with Crippen LogP contribution in [0, 0.1) is 0 Å². The van der Waals surface area contributed by atoms with E-state index in [2.05, 4.69) is 16.0 Å². The van der Waals surface area contributed by atoms with Gasteiger partial charge in [-0.1, -0.05) is 34.8 Å². The van der Waals surface area contributed by atoms with Crippen LogP contribution in [0.2, 0.25) is 0 Å². The number of anilines is 1. The predicted octanol–water partition coefficient (Wildman–Crippen LogP) is 2.42. The summed E-state index contributed by atoms with van der Waals surface area (Å²) in [5.74, 6) is 0.719. The van der Waals surface area contributed by atoms with Crippen molar-refractivity contribution in [1.29, 1.82) is 0 Å². The fraction of sp³-hybridized carbons (Fsp3) is 0.273. The molecule has 1 rings (SSSR count). The van der Waals surface area contributed by atoms with Crippen LogP contribution in [0.15, 0.2) is 24.3 Å². The minimum absolute atomic E-state index is 0.195. The smallest absolute Gasteiger partial charge is 0.228 e. The van der Waals surface area contributed by atoms with E-state index in [9.17, 15) is 4.79 Å². The van der Waals surface area contributed by atoms with Crippen molar-refractivity contribution in [1.82, 2.24) is 10.6 Å². The van der Waals surface area contributed by atoms with Gasteiger partial charge in [-0.3, -0.25) is 4.79 Å². The first-order valence-corrected chi connectivity index (χ1v) is 6.89. The van der Waals surface area contributed by atoms with E-state index in [0.29, 0.717) is 6.41 Å². The molecule has 5 nitrogen and oxygen atoms in total. The van der Waals surface area contributed by atoms with Crippen LogP contribution >= 0.6 is 47.0 Å². The number of alkyl halides is 3. The molecule has 0 bridgehead atoms. The molecule has 0 aromatic heterocycles. The van der Waals surface area contributed by atoms with Crippen molar-refractivity contribution in [2.45, 2.75) is 9.96 Å². The van der Waals surface area contributed by atoms with Gasteiger partial charge in [0.1, 0.15) is 11.9 Å². The third-order valence-electron chi connectivity index (χ3n) is 2.19. The van der Waals surface area contributed by atoms with Gasteiger partial charge in [-0.15, -0.1) is 0 Å². The van der Waals surface area contributed by atoms with E-state index in [1.54, 1.807) is 31.4 Å². The topological polar surface area (TPSA) is 62.4 Å². The molecule has 1 aromatic carbocycles. The van der Waals surface area contributed by atoms with E-state index < -0.39 is 9.96 Å². The number of carbonyl (C=O) groups excluding carboxylic acids is 1. The Morgan fingerprint density at radius 2 is 1.95 bits per heavy atom. The molecular weight excluding hydrogens is 345 g/mol. The van der Waals surface area contributed by atoms with Crippen LogP contribution in [-0.4, -0.2) is 28.6 Å². The number of halogens is 3. The monoisotopic (exact) mass is 355 g/mol. The fourth-order valence-corrected chi connectivity index (χ4v) is 1.85. The molecule has 0 aliphatic heterocycles. The normalized spacial score (nSPS) is 12.2. The molecule has 1 amide bonds. The lowest BCUT2D eigenvalue weighted by Crippen LogP contribution is -2.53. The van der Waals surface area contributed by atoms with Crippen molar-refractivity contribution in [3.8, 4) is 5.75 Å². The molecule has 0 radical (unpaired) electrons. The lowest BCUT2D eigenvalue weighted by molar-refractivity contribution is -0.110. The minimum Gasteiger partial charge on any atom is -0.497 e. The summed E-state index contributed by atoms with van der Waals surface area (Å²) >= 11 is 22.2. The minimum atomic E-state index is -1.74. The summed E-state index contributed by atoms with van der Waals surface area (Å²) in [6, 6.07) is 7.07. The molecule has 1 atom stereocenters. The molecule has 0 aliphatic carbocycles. The van der Waals surface area contributed by atoms with Gasteiger partial charge in [0.05, 0.1) is 7.11 Å². The number of benzene rings is 1. The highest BCUT2D eigenvalue weighted by atomic mass is 35.6. The number of amides is 1. The number of thiocarbonyl (C=S) groups is 1. The molecule has 1 aromatic rings. The number of ether oxygens (including phenoxy) is 1. The maximum Gasteiger partial charge on any atom is 0.228 e. The zero-order valence-electron chi connectivity index (χ0n) is 10.3. The highest BCUT2D eigenvalue weighted by Crippen LogP contribution is 2.28. The third-order valence-corrected chi connectivity index (χ3v) is 3.06. The maximum absolute atomic E-state index is 10.5. The van der Waals surface area contributed by atoms with Gasteiger partial charge in [-0.05, 0) is 36.5 Å². The summed E-state index contributed by atoms with van der Waals surface area (Å²) in [5, 5.41) is 8.09. The Bertz CT molecular complexity index is 465. The van der Waals surface area contributed by atoms with E-state index in [1.807, 2.05) is 0 Å². The van der Waals surface area contributed by atoms with E-state index in [4.69, 9.17) is 51.8 Å². The Kier molecular flexibility index (Phi) is 6.61. The summed E-state index contributed by atoms with van der Waals surface area (Å²) in [4.78, 5) is 10.5. The average molecular weight is 357 g/mol. The van der Waals surface area contributed by atoms with Crippen molar-refractivity contribution in [3.05, 3.63) is 24.3 Å². The molecule has 0 unspecified atom stereocenters. The van der Waals surface area contributed by atoms with E-state index in [-0.39, 0.29) is 5.11 Å². The molecule has 0 heterocycles. The second-order valence-corrected chi connectivity index (χ2v) is 6.36. The summed E-state index contributed by atoms with van der Waals surface area (Å²) in [7, 11) is 1.57. The zero-order valence-corrected chi connectivity index (χ0v) is 13.4. The van der Waals surface area contributed by atoms with Crippen LogP contribution in [0.3, 0.4) is 0 Å². The van der Waals surface area contributed by atoms with Crippen LogP contribution in [0.4, 0.5) is 5.69 Å². The first kappa shape index (κ1) is 17.1. The number of methoxy groups -OCH3 is 1. The van der Waals surface area contributed by atoms with Crippen LogP contribution in [0.5, 0.6) is 5.75 Å². The van der Waals surface area contributed by atoms with Gasteiger partial charge >= 0.3 is 0 Å². The van der Waals surface area contributed by atoms with Crippen molar-refractivity contribution in [2.24, 2.45) is 0 Å². The van der Waals surface area contributed by atoms with Gasteiger partial charge in [0.15, 0.2) is 5.11 Å². The molecular formula is C11H12Cl3N3O2S. The summed E-state index contributed by atoms with van der Waals surface area (Å²) in [6.07, 6.45) is -0.543.